The van der Waals surface area contributed by atoms with E-state index in [4.69, 9.17) is 16.3 Å². The number of hydrogen-bond acceptors (Lipinski definition) is 7. The van der Waals surface area contributed by atoms with Gasteiger partial charge in [-0.2, -0.15) is 5.10 Å². The number of halogens is 1. The summed E-state index contributed by atoms with van der Waals surface area (Å²) in [6.45, 7) is 8.37. The molecule has 1 aliphatic heterocycles. The molecule has 1 aromatic carbocycles. The largest absolute Gasteiger partial charge is 0.495 e. The number of nitrogens with one attached hydrogen (secondary N) is 2. The molecule has 4 rings (SSSR count). The lowest BCUT2D eigenvalue weighted by molar-refractivity contribution is 0.0369. The first-order valence-electron chi connectivity index (χ1n) is 11.9. The molecule has 1 saturated heterocycles. The first kappa shape index (κ1) is 24.9. The predicted molar refractivity (Wildman–Crippen MR) is 137 cm³/mol. The van der Waals surface area contributed by atoms with Gasteiger partial charge in [0.25, 0.3) is 5.91 Å². The van der Waals surface area contributed by atoms with Crippen LogP contribution in [0.25, 0.3) is 11.3 Å². The molecule has 1 amide bonds. The van der Waals surface area contributed by atoms with Gasteiger partial charge in [0.2, 0.25) is 5.95 Å². The second-order valence-corrected chi connectivity index (χ2v) is 9.62. The molecule has 2 unspecified atom stereocenters. The van der Waals surface area contributed by atoms with Crippen molar-refractivity contribution in [3.63, 3.8) is 0 Å². The van der Waals surface area contributed by atoms with Crippen LogP contribution in [-0.4, -0.2) is 49.9 Å². The summed E-state index contributed by atoms with van der Waals surface area (Å²) in [5, 5.41) is 10.0. The van der Waals surface area contributed by atoms with Gasteiger partial charge in [-0.3, -0.25) is 14.9 Å². The van der Waals surface area contributed by atoms with E-state index in [2.05, 4.69) is 58.5 Å². The number of hydrazine groups is 1. The Labute approximate surface area is 210 Å². The van der Waals surface area contributed by atoms with Crippen molar-refractivity contribution in [2.45, 2.75) is 65.1 Å². The molecule has 3 heterocycles. The molecule has 10 heteroatoms. The SMILES string of the molecule is COc1cc(C(=O)NN2C(C)CCCC2C)ccc1Nc1ncc(Cl)c(-c2cnn(C(C)C)c2)n1. The van der Waals surface area contributed by atoms with Crippen LogP contribution >= 0.6 is 11.6 Å². The number of rotatable bonds is 7. The van der Waals surface area contributed by atoms with Gasteiger partial charge in [-0.1, -0.05) is 18.0 Å². The number of carbonyl (C=O) groups is 1. The van der Waals surface area contributed by atoms with E-state index < -0.39 is 0 Å². The van der Waals surface area contributed by atoms with Gasteiger partial charge in [0.1, 0.15) is 5.75 Å². The maximum absolute atomic E-state index is 13.0. The Morgan fingerprint density at radius 2 is 1.94 bits per heavy atom. The van der Waals surface area contributed by atoms with Crippen molar-refractivity contribution in [3.8, 4) is 17.0 Å². The summed E-state index contributed by atoms with van der Waals surface area (Å²) in [4.78, 5) is 21.8. The van der Waals surface area contributed by atoms with Gasteiger partial charge < -0.3 is 10.1 Å². The van der Waals surface area contributed by atoms with Crippen LogP contribution in [0.4, 0.5) is 11.6 Å². The number of carbonyl (C=O) groups excluding carboxylic acids is 1. The molecule has 35 heavy (non-hydrogen) atoms. The zero-order chi connectivity index (χ0) is 25.1. The molecule has 0 bridgehead atoms. The van der Waals surface area contributed by atoms with E-state index in [1.54, 1.807) is 37.7 Å². The summed E-state index contributed by atoms with van der Waals surface area (Å²) in [7, 11) is 1.56. The highest BCUT2D eigenvalue weighted by molar-refractivity contribution is 6.32. The van der Waals surface area contributed by atoms with Gasteiger partial charge in [0.15, 0.2) is 0 Å². The summed E-state index contributed by atoms with van der Waals surface area (Å²) in [6, 6.07) is 6.07. The minimum absolute atomic E-state index is 0.164. The monoisotopic (exact) mass is 497 g/mol. The smallest absolute Gasteiger partial charge is 0.265 e. The molecule has 2 atom stereocenters. The number of ether oxygens (including phenoxy) is 1. The first-order chi connectivity index (χ1) is 16.8. The third kappa shape index (κ3) is 5.57. The maximum Gasteiger partial charge on any atom is 0.265 e. The van der Waals surface area contributed by atoms with Crippen molar-refractivity contribution < 1.29 is 9.53 Å². The summed E-state index contributed by atoms with van der Waals surface area (Å²) in [6.07, 6.45) is 8.50. The summed E-state index contributed by atoms with van der Waals surface area (Å²) >= 11 is 6.37. The minimum atomic E-state index is -0.164. The molecule has 9 nitrogen and oxygen atoms in total. The van der Waals surface area contributed by atoms with Crippen LogP contribution in [0.15, 0.2) is 36.8 Å². The maximum atomic E-state index is 13.0. The molecule has 2 N–H and O–H groups in total. The fraction of sp³-hybridized carbons (Fsp3) is 0.440. The Kier molecular flexibility index (Phi) is 7.57. The minimum Gasteiger partial charge on any atom is -0.495 e. The van der Waals surface area contributed by atoms with Crippen molar-refractivity contribution in [3.05, 3.63) is 47.4 Å². The highest BCUT2D eigenvalue weighted by Crippen LogP contribution is 2.31. The molecular weight excluding hydrogens is 466 g/mol. The Bertz CT molecular complexity index is 1190. The van der Waals surface area contributed by atoms with Crippen LogP contribution in [-0.2, 0) is 0 Å². The second kappa shape index (κ2) is 10.6. The van der Waals surface area contributed by atoms with Crippen molar-refractivity contribution >= 4 is 29.1 Å². The first-order valence-corrected chi connectivity index (χ1v) is 12.3. The normalized spacial score (nSPS) is 18.5. The average Bonchev–Trinajstić information content (AvgIpc) is 3.33. The number of hydrogen-bond donors (Lipinski definition) is 2. The Balaban J connectivity index is 1.53. The van der Waals surface area contributed by atoms with E-state index in [1.807, 2.05) is 10.9 Å². The van der Waals surface area contributed by atoms with Crippen LogP contribution in [0, 0.1) is 0 Å². The number of aromatic nitrogens is 4. The standard InChI is InChI=1S/C25H32ClN7O2/c1-15(2)32-14-19(12-28-32)23-20(26)13-27-25(30-23)29-21-10-9-18(11-22(21)35-5)24(34)31-33-16(3)7-6-8-17(33)4/h9-17H,6-8H2,1-5H3,(H,31,34)(H,27,29,30). The van der Waals surface area contributed by atoms with Crippen molar-refractivity contribution in [1.29, 1.82) is 0 Å². The van der Waals surface area contributed by atoms with Gasteiger partial charge in [0.05, 0.1) is 35.9 Å². The number of nitrogens with zero attached hydrogens (tertiary/aromatic N) is 5. The van der Waals surface area contributed by atoms with E-state index in [1.165, 1.54) is 6.42 Å². The zero-order valence-corrected chi connectivity index (χ0v) is 21.5. The molecule has 0 radical (unpaired) electrons. The molecule has 0 spiro atoms. The van der Waals surface area contributed by atoms with Crippen molar-refractivity contribution in [2.24, 2.45) is 0 Å². The number of anilines is 2. The van der Waals surface area contributed by atoms with Crippen molar-refractivity contribution in [2.75, 3.05) is 12.4 Å². The molecule has 0 aliphatic carbocycles. The molecule has 1 aliphatic rings. The third-order valence-corrected chi connectivity index (χ3v) is 6.56. The number of methoxy groups -OCH3 is 1. The van der Waals surface area contributed by atoms with Crippen LogP contribution in [0.1, 0.15) is 63.4 Å². The van der Waals surface area contributed by atoms with E-state index in [9.17, 15) is 4.79 Å². The average molecular weight is 498 g/mol. The predicted octanol–water partition coefficient (Wildman–Crippen LogP) is 5.23. The number of benzene rings is 1. The molecule has 186 valence electrons. The molecule has 1 fully saturated rings. The van der Waals surface area contributed by atoms with Crippen LogP contribution in [0.3, 0.4) is 0 Å². The highest BCUT2D eigenvalue weighted by atomic mass is 35.5. The number of piperidine rings is 1. The molecular formula is C25H32ClN7O2. The Morgan fingerprint density at radius 1 is 1.20 bits per heavy atom. The summed E-state index contributed by atoms with van der Waals surface area (Å²) < 4.78 is 7.40. The lowest BCUT2D eigenvalue weighted by atomic mass is 10.00. The van der Waals surface area contributed by atoms with Gasteiger partial charge in [-0.05, 0) is 58.7 Å². The van der Waals surface area contributed by atoms with Crippen LogP contribution in [0.5, 0.6) is 5.75 Å². The van der Waals surface area contributed by atoms with E-state index in [0.29, 0.717) is 45.7 Å². The number of amides is 1. The van der Waals surface area contributed by atoms with E-state index >= 15 is 0 Å². The molecule has 2 aromatic heterocycles. The summed E-state index contributed by atoms with van der Waals surface area (Å²) in [5.74, 6) is 0.695. The van der Waals surface area contributed by atoms with Gasteiger partial charge in [0, 0.05) is 35.4 Å². The van der Waals surface area contributed by atoms with Gasteiger partial charge >= 0.3 is 0 Å². The lowest BCUT2D eigenvalue weighted by Gasteiger charge is -2.38. The second-order valence-electron chi connectivity index (χ2n) is 9.21. The molecule has 3 aromatic rings. The lowest BCUT2D eigenvalue weighted by Crippen LogP contribution is -2.54. The van der Waals surface area contributed by atoms with Crippen LogP contribution in [0.2, 0.25) is 5.02 Å². The zero-order valence-electron chi connectivity index (χ0n) is 20.7. The quantitative estimate of drug-likeness (QED) is 0.461. The Morgan fingerprint density at radius 3 is 2.60 bits per heavy atom. The third-order valence-electron chi connectivity index (χ3n) is 6.28. The highest BCUT2D eigenvalue weighted by Gasteiger charge is 2.26. The Hall–Kier alpha value is -3.17. The summed E-state index contributed by atoms with van der Waals surface area (Å²) in [5.41, 5.74) is 5.59. The van der Waals surface area contributed by atoms with E-state index in [0.717, 1.165) is 18.4 Å². The fourth-order valence-corrected chi connectivity index (χ4v) is 4.45. The van der Waals surface area contributed by atoms with Crippen LogP contribution < -0.4 is 15.5 Å². The van der Waals surface area contributed by atoms with Crippen molar-refractivity contribution in [1.82, 2.24) is 30.2 Å². The van der Waals surface area contributed by atoms with Gasteiger partial charge in [-0.15, -0.1) is 0 Å². The van der Waals surface area contributed by atoms with E-state index in [-0.39, 0.29) is 11.9 Å². The molecule has 0 saturated carbocycles. The fourth-order valence-electron chi connectivity index (χ4n) is 4.25. The topological polar surface area (TPSA) is 97.2 Å². The van der Waals surface area contributed by atoms with Gasteiger partial charge in [-0.25, -0.2) is 15.0 Å².